The first-order valence-electron chi connectivity index (χ1n) is 6.31. The zero-order valence-electron chi connectivity index (χ0n) is 12.1. The van der Waals surface area contributed by atoms with Crippen LogP contribution in [0.3, 0.4) is 0 Å². The predicted molar refractivity (Wildman–Crippen MR) is 79.9 cm³/mol. The molecule has 7 heteroatoms. The summed E-state index contributed by atoms with van der Waals surface area (Å²) in [5.74, 6) is -0.0567. The summed E-state index contributed by atoms with van der Waals surface area (Å²) in [6.07, 6.45) is 3.40. The Morgan fingerprint density at radius 3 is 2.70 bits per heavy atom. The molecule has 20 heavy (non-hydrogen) atoms. The van der Waals surface area contributed by atoms with Gasteiger partial charge in [-0.2, -0.15) is 10.2 Å². The molecular formula is C13H18BrN5O. The lowest BCUT2D eigenvalue weighted by atomic mass is 10.1. The van der Waals surface area contributed by atoms with Crippen molar-refractivity contribution in [3.8, 4) is 0 Å². The molecule has 108 valence electrons. The Bertz CT molecular complexity index is 629. The van der Waals surface area contributed by atoms with Crippen LogP contribution < -0.4 is 0 Å². The molecule has 0 radical (unpaired) electrons. The van der Waals surface area contributed by atoms with E-state index in [1.165, 1.54) is 0 Å². The maximum atomic E-state index is 12.7. The number of aryl methyl sites for hydroxylation is 2. The number of carbonyl (C=O) groups is 1. The molecule has 2 heterocycles. The highest BCUT2D eigenvalue weighted by atomic mass is 79.9. The molecule has 0 saturated carbocycles. The van der Waals surface area contributed by atoms with Gasteiger partial charge in [0.2, 0.25) is 5.78 Å². The molecule has 0 saturated heterocycles. The van der Waals surface area contributed by atoms with Crippen LogP contribution >= 0.6 is 15.9 Å². The number of ketones is 1. The van der Waals surface area contributed by atoms with Crippen LogP contribution in [0.2, 0.25) is 0 Å². The summed E-state index contributed by atoms with van der Waals surface area (Å²) in [6.45, 7) is 3.32. The molecule has 6 nitrogen and oxygen atoms in total. The molecule has 0 unspecified atom stereocenters. The summed E-state index contributed by atoms with van der Waals surface area (Å²) in [7, 11) is 5.79. The van der Waals surface area contributed by atoms with Crippen LogP contribution in [0.1, 0.15) is 21.7 Å². The van der Waals surface area contributed by atoms with Crippen LogP contribution in [0.15, 0.2) is 16.9 Å². The van der Waals surface area contributed by atoms with E-state index in [4.69, 9.17) is 0 Å². The maximum absolute atomic E-state index is 12.7. The van der Waals surface area contributed by atoms with Crippen molar-refractivity contribution in [1.82, 2.24) is 24.5 Å². The van der Waals surface area contributed by atoms with Crippen molar-refractivity contribution in [2.24, 2.45) is 7.05 Å². The third kappa shape index (κ3) is 2.99. The predicted octanol–water partition coefficient (Wildman–Crippen LogP) is 1.48. The number of halogens is 1. The third-order valence-corrected chi connectivity index (χ3v) is 3.61. The average Bonchev–Trinajstić information content (AvgIpc) is 2.89. The van der Waals surface area contributed by atoms with Crippen molar-refractivity contribution in [1.29, 1.82) is 0 Å². The first-order valence-corrected chi connectivity index (χ1v) is 7.10. The van der Waals surface area contributed by atoms with Gasteiger partial charge in [0.05, 0.1) is 28.5 Å². The van der Waals surface area contributed by atoms with E-state index in [1.54, 1.807) is 21.8 Å². The molecule has 0 aliphatic carbocycles. The van der Waals surface area contributed by atoms with E-state index in [0.717, 1.165) is 12.2 Å². The average molecular weight is 340 g/mol. The van der Waals surface area contributed by atoms with E-state index in [0.29, 0.717) is 22.3 Å². The van der Waals surface area contributed by atoms with Crippen LogP contribution in [-0.2, 0) is 13.6 Å². The zero-order valence-corrected chi connectivity index (χ0v) is 13.7. The lowest BCUT2D eigenvalue weighted by molar-refractivity contribution is 0.102. The van der Waals surface area contributed by atoms with Gasteiger partial charge in [-0.05, 0) is 36.9 Å². The summed E-state index contributed by atoms with van der Waals surface area (Å²) in [5.41, 5.74) is 1.91. The first kappa shape index (κ1) is 14.9. The maximum Gasteiger partial charge on any atom is 0.215 e. The highest BCUT2D eigenvalue weighted by molar-refractivity contribution is 9.10. The largest absolute Gasteiger partial charge is 0.308 e. The smallest absolute Gasteiger partial charge is 0.215 e. The molecule has 0 aliphatic heterocycles. The van der Waals surface area contributed by atoms with Gasteiger partial charge in [0.15, 0.2) is 0 Å². The normalized spacial score (nSPS) is 11.3. The SMILES string of the molecule is Cc1nn(C)cc1C(=O)c1c(Br)cnn1CCN(C)C. The zero-order chi connectivity index (χ0) is 14.9. The first-order chi connectivity index (χ1) is 9.40. The van der Waals surface area contributed by atoms with Crippen molar-refractivity contribution < 1.29 is 4.79 Å². The van der Waals surface area contributed by atoms with Crippen LogP contribution in [0.4, 0.5) is 0 Å². The van der Waals surface area contributed by atoms with Gasteiger partial charge < -0.3 is 4.90 Å². The lowest BCUT2D eigenvalue weighted by Crippen LogP contribution is -2.22. The van der Waals surface area contributed by atoms with E-state index < -0.39 is 0 Å². The highest BCUT2D eigenvalue weighted by Gasteiger charge is 2.22. The number of hydrogen-bond donors (Lipinski definition) is 0. The van der Waals surface area contributed by atoms with Crippen molar-refractivity contribution in [3.05, 3.63) is 33.8 Å². The Balaban J connectivity index is 2.34. The Morgan fingerprint density at radius 2 is 2.15 bits per heavy atom. The second kappa shape index (κ2) is 5.88. The Hall–Kier alpha value is -1.47. The lowest BCUT2D eigenvalue weighted by Gasteiger charge is -2.11. The number of likely N-dealkylation sites (N-methyl/N-ethyl adjacent to an activating group) is 1. The number of nitrogens with zero attached hydrogens (tertiary/aromatic N) is 5. The molecule has 0 fully saturated rings. The minimum atomic E-state index is -0.0567. The van der Waals surface area contributed by atoms with Gasteiger partial charge in [0.1, 0.15) is 5.69 Å². The summed E-state index contributed by atoms with van der Waals surface area (Å²) >= 11 is 3.41. The molecular weight excluding hydrogens is 322 g/mol. The van der Waals surface area contributed by atoms with Gasteiger partial charge in [-0.3, -0.25) is 14.2 Å². The van der Waals surface area contributed by atoms with Gasteiger partial charge in [-0.25, -0.2) is 0 Å². The molecule has 0 amide bonds. The van der Waals surface area contributed by atoms with Crippen LogP contribution in [0.25, 0.3) is 0 Å². The molecule has 2 rings (SSSR count). The van der Waals surface area contributed by atoms with Crippen molar-refractivity contribution in [2.45, 2.75) is 13.5 Å². The topological polar surface area (TPSA) is 56.0 Å². The summed E-state index contributed by atoms with van der Waals surface area (Å²) in [6, 6.07) is 0. The molecule has 0 aromatic carbocycles. The van der Waals surface area contributed by atoms with Gasteiger partial charge in [0, 0.05) is 19.8 Å². The van der Waals surface area contributed by atoms with Crippen molar-refractivity contribution >= 4 is 21.7 Å². The quantitative estimate of drug-likeness (QED) is 0.774. The number of carbonyl (C=O) groups excluding carboxylic acids is 1. The van der Waals surface area contributed by atoms with E-state index in [-0.39, 0.29) is 5.78 Å². The number of rotatable bonds is 5. The molecule has 0 spiro atoms. The third-order valence-electron chi connectivity index (χ3n) is 3.03. The van der Waals surface area contributed by atoms with E-state index >= 15 is 0 Å². The van der Waals surface area contributed by atoms with Crippen LogP contribution in [0.5, 0.6) is 0 Å². The fraction of sp³-hybridized carbons (Fsp3) is 0.462. The Kier molecular flexibility index (Phi) is 4.39. The molecule has 0 aliphatic rings. The molecule has 0 atom stereocenters. The van der Waals surface area contributed by atoms with Gasteiger partial charge in [0.25, 0.3) is 0 Å². The van der Waals surface area contributed by atoms with Gasteiger partial charge >= 0.3 is 0 Å². The summed E-state index contributed by atoms with van der Waals surface area (Å²) in [5, 5.41) is 8.48. The fourth-order valence-electron chi connectivity index (χ4n) is 2.00. The second-order valence-corrected chi connectivity index (χ2v) is 5.85. The summed E-state index contributed by atoms with van der Waals surface area (Å²) < 4.78 is 4.10. The van der Waals surface area contributed by atoms with Crippen molar-refractivity contribution in [3.63, 3.8) is 0 Å². The molecule has 0 bridgehead atoms. The van der Waals surface area contributed by atoms with Crippen molar-refractivity contribution in [2.75, 3.05) is 20.6 Å². The van der Waals surface area contributed by atoms with Gasteiger partial charge in [-0.15, -0.1) is 0 Å². The monoisotopic (exact) mass is 339 g/mol. The Morgan fingerprint density at radius 1 is 1.45 bits per heavy atom. The van der Waals surface area contributed by atoms with E-state index in [1.807, 2.05) is 28.1 Å². The Labute approximate surface area is 126 Å². The van der Waals surface area contributed by atoms with Gasteiger partial charge in [-0.1, -0.05) is 0 Å². The molecule has 0 N–H and O–H groups in total. The highest BCUT2D eigenvalue weighted by Crippen LogP contribution is 2.21. The van der Waals surface area contributed by atoms with Crippen LogP contribution in [0, 0.1) is 6.92 Å². The standard InChI is InChI=1S/C13H18BrN5O/c1-9-10(8-18(4)16-9)13(20)12-11(14)7-15-19(12)6-5-17(2)3/h7-8H,5-6H2,1-4H3. The van der Waals surface area contributed by atoms with E-state index in [2.05, 4.69) is 31.0 Å². The minimum Gasteiger partial charge on any atom is -0.308 e. The van der Waals surface area contributed by atoms with E-state index in [9.17, 15) is 4.79 Å². The minimum absolute atomic E-state index is 0.0567. The number of hydrogen-bond acceptors (Lipinski definition) is 4. The van der Waals surface area contributed by atoms with Crippen LogP contribution in [-0.4, -0.2) is 50.9 Å². The fourth-order valence-corrected chi connectivity index (χ4v) is 2.48. The summed E-state index contributed by atoms with van der Waals surface area (Å²) in [4.78, 5) is 14.7. The molecule has 2 aromatic heterocycles. The second-order valence-electron chi connectivity index (χ2n) is 5.00. The number of aromatic nitrogens is 4. The molecule has 2 aromatic rings.